The van der Waals surface area contributed by atoms with Crippen molar-refractivity contribution in [2.45, 2.75) is 25.9 Å². The third-order valence-electron chi connectivity index (χ3n) is 2.75. The van der Waals surface area contributed by atoms with Crippen LogP contribution in [0.4, 0.5) is 0 Å². The second-order valence-corrected chi connectivity index (χ2v) is 4.01. The van der Waals surface area contributed by atoms with Crippen molar-refractivity contribution in [1.82, 2.24) is 0 Å². The van der Waals surface area contributed by atoms with E-state index in [1.54, 1.807) is 6.26 Å². The average Bonchev–Trinajstić information content (AvgIpc) is 2.74. The first-order valence-electron chi connectivity index (χ1n) is 5.53. The molecule has 84 valence electrons. The molecule has 16 heavy (non-hydrogen) atoms. The zero-order valence-electron chi connectivity index (χ0n) is 9.39. The zero-order valence-corrected chi connectivity index (χ0v) is 9.39. The highest BCUT2D eigenvalue weighted by molar-refractivity contribution is 5.18. The number of furan rings is 1. The van der Waals surface area contributed by atoms with E-state index in [1.807, 2.05) is 31.2 Å². The van der Waals surface area contributed by atoms with Gasteiger partial charge < -0.3 is 9.52 Å². The molecule has 0 aliphatic heterocycles. The van der Waals surface area contributed by atoms with Crippen LogP contribution >= 0.6 is 0 Å². The summed E-state index contributed by atoms with van der Waals surface area (Å²) in [4.78, 5) is 0. The van der Waals surface area contributed by atoms with Gasteiger partial charge in [-0.2, -0.15) is 0 Å². The van der Waals surface area contributed by atoms with Gasteiger partial charge in [0, 0.05) is 0 Å². The molecular formula is C14H16O2. The van der Waals surface area contributed by atoms with E-state index in [9.17, 15) is 5.11 Å². The second-order valence-electron chi connectivity index (χ2n) is 4.01. The minimum absolute atomic E-state index is 0.504. The van der Waals surface area contributed by atoms with Crippen molar-refractivity contribution in [1.29, 1.82) is 0 Å². The van der Waals surface area contributed by atoms with E-state index < -0.39 is 6.10 Å². The molecule has 2 rings (SSSR count). The summed E-state index contributed by atoms with van der Waals surface area (Å²) in [5, 5.41) is 9.96. The maximum absolute atomic E-state index is 9.96. The summed E-state index contributed by atoms with van der Waals surface area (Å²) in [6.45, 7) is 1.95. The van der Waals surface area contributed by atoms with E-state index >= 15 is 0 Å². The largest absolute Gasteiger partial charge is 0.466 e. The molecular weight excluding hydrogens is 200 g/mol. The number of aliphatic hydroxyl groups is 1. The summed E-state index contributed by atoms with van der Waals surface area (Å²) < 4.78 is 5.26. The van der Waals surface area contributed by atoms with Gasteiger partial charge in [0.05, 0.1) is 6.26 Å². The number of hydrogen-bond acceptors (Lipinski definition) is 2. The lowest BCUT2D eigenvalue weighted by atomic mass is 10.0. The lowest BCUT2D eigenvalue weighted by molar-refractivity contribution is 0.139. The van der Waals surface area contributed by atoms with Gasteiger partial charge in [-0.15, -0.1) is 0 Å². The van der Waals surface area contributed by atoms with Crippen LogP contribution in [0.5, 0.6) is 0 Å². The van der Waals surface area contributed by atoms with Crippen LogP contribution in [0.3, 0.4) is 0 Å². The Hall–Kier alpha value is -1.54. The maximum Gasteiger partial charge on any atom is 0.135 e. The van der Waals surface area contributed by atoms with E-state index in [-0.39, 0.29) is 0 Å². The summed E-state index contributed by atoms with van der Waals surface area (Å²) >= 11 is 0. The topological polar surface area (TPSA) is 33.4 Å². The number of aryl methyl sites for hydroxylation is 2. The Balaban J connectivity index is 1.94. The molecule has 1 aromatic heterocycles. The van der Waals surface area contributed by atoms with E-state index in [0.29, 0.717) is 12.2 Å². The minimum Gasteiger partial charge on any atom is -0.466 e. The van der Waals surface area contributed by atoms with Gasteiger partial charge in [0.2, 0.25) is 0 Å². The molecule has 1 N–H and O–H groups in total. The van der Waals surface area contributed by atoms with Crippen molar-refractivity contribution < 1.29 is 9.52 Å². The Bertz CT molecular complexity index is 431. The molecule has 1 unspecified atom stereocenters. The lowest BCUT2D eigenvalue weighted by Gasteiger charge is -2.08. The van der Waals surface area contributed by atoms with Crippen molar-refractivity contribution in [3.63, 3.8) is 0 Å². The highest BCUT2D eigenvalue weighted by Crippen LogP contribution is 2.22. The second kappa shape index (κ2) is 4.99. The van der Waals surface area contributed by atoms with Gasteiger partial charge >= 0.3 is 0 Å². The summed E-state index contributed by atoms with van der Waals surface area (Å²) in [5.41, 5.74) is 2.26. The predicted molar refractivity (Wildman–Crippen MR) is 63.2 cm³/mol. The van der Waals surface area contributed by atoms with Gasteiger partial charge in [-0.05, 0) is 37.0 Å². The molecule has 1 aromatic carbocycles. The normalized spacial score (nSPS) is 12.6. The number of aliphatic hydroxyl groups excluding tert-OH is 1. The van der Waals surface area contributed by atoms with Crippen LogP contribution in [0.1, 0.15) is 29.4 Å². The molecule has 0 aliphatic rings. The molecule has 0 bridgehead atoms. The molecule has 1 heterocycles. The van der Waals surface area contributed by atoms with Crippen molar-refractivity contribution in [3.05, 3.63) is 59.5 Å². The van der Waals surface area contributed by atoms with Crippen molar-refractivity contribution in [2.75, 3.05) is 0 Å². The highest BCUT2D eigenvalue weighted by Gasteiger charge is 2.13. The van der Waals surface area contributed by atoms with Crippen molar-refractivity contribution in [3.8, 4) is 0 Å². The third kappa shape index (κ3) is 2.52. The van der Waals surface area contributed by atoms with E-state index in [0.717, 1.165) is 12.0 Å². The number of rotatable bonds is 4. The molecule has 0 fully saturated rings. The fourth-order valence-corrected chi connectivity index (χ4v) is 1.80. The highest BCUT2D eigenvalue weighted by atomic mass is 16.4. The first-order chi connectivity index (χ1) is 7.77. The molecule has 0 saturated carbocycles. The van der Waals surface area contributed by atoms with Crippen LogP contribution in [0, 0.1) is 6.92 Å². The molecule has 0 amide bonds. The Morgan fingerprint density at radius 1 is 1.19 bits per heavy atom. The van der Waals surface area contributed by atoms with E-state index in [1.165, 1.54) is 5.56 Å². The summed E-state index contributed by atoms with van der Waals surface area (Å²) in [7, 11) is 0. The van der Waals surface area contributed by atoms with Crippen LogP contribution in [-0.2, 0) is 6.42 Å². The van der Waals surface area contributed by atoms with Gasteiger partial charge in [-0.3, -0.25) is 0 Å². The summed E-state index contributed by atoms with van der Waals surface area (Å²) in [6, 6.07) is 12.0. The molecule has 1 atom stereocenters. The van der Waals surface area contributed by atoms with Crippen molar-refractivity contribution in [2.24, 2.45) is 0 Å². The Kier molecular flexibility index (Phi) is 3.42. The molecule has 2 nitrogen and oxygen atoms in total. The predicted octanol–water partition coefficient (Wildman–Crippen LogP) is 3.25. The van der Waals surface area contributed by atoms with Gasteiger partial charge in [0.15, 0.2) is 0 Å². The number of hydrogen-bond donors (Lipinski definition) is 1. The minimum atomic E-state index is -0.504. The first-order valence-corrected chi connectivity index (χ1v) is 5.53. The van der Waals surface area contributed by atoms with Crippen molar-refractivity contribution >= 4 is 0 Å². The SMILES string of the molecule is Cc1ccoc1C(O)CCc1ccccc1. The molecule has 0 aliphatic carbocycles. The quantitative estimate of drug-likeness (QED) is 0.851. The maximum atomic E-state index is 9.96. The fraction of sp³-hybridized carbons (Fsp3) is 0.286. The Labute approximate surface area is 95.5 Å². The summed E-state index contributed by atoms with van der Waals surface area (Å²) in [5.74, 6) is 0.691. The number of benzene rings is 1. The molecule has 0 saturated heterocycles. The van der Waals surface area contributed by atoms with Gasteiger partial charge in [0.1, 0.15) is 11.9 Å². The fourth-order valence-electron chi connectivity index (χ4n) is 1.80. The molecule has 2 heteroatoms. The summed E-state index contributed by atoms with van der Waals surface area (Å²) in [6.07, 6.45) is 2.67. The van der Waals surface area contributed by atoms with Crippen LogP contribution in [-0.4, -0.2) is 5.11 Å². The zero-order chi connectivity index (χ0) is 11.4. The van der Waals surface area contributed by atoms with Crippen LogP contribution in [0.15, 0.2) is 47.1 Å². The Morgan fingerprint density at radius 2 is 1.94 bits per heavy atom. The monoisotopic (exact) mass is 216 g/mol. The smallest absolute Gasteiger partial charge is 0.135 e. The van der Waals surface area contributed by atoms with Crippen LogP contribution in [0.25, 0.3) is 0 Å². The van der Waals surface area contributed by atoms with E-state index in [4.69, 9.17) is 4.42 Å². The lowest BCUT2D eigenvalue weighted by Crippen LogP contribution is -1.99. The molecule has 0 radical (unpaired) electrons. The van der Waals surface area contributed by atoms with Gasteiger partial charge in [-0.1, -0.05) is 30.3 Å². The van der Waals surface area contributed by atoms with Gasteiger partial charge in [-0.25, -0.2) is 0 Å². The third-order valence-corrected chi connectivity index (χ3v) is 2.75. The first kappa shape index (κ1) is 11.0. The standard InChI is InChI=1S/C14H16O2/c1-11-9-10-16-14(11)13(15)8-7-12-5-3-2-4-6-12/h2-6,9-10,13,15H,7-8H2,1H3. The molecule has 0 spiro atoms. The van der Waals surface area contributed by atoms with Crippen LogP contribution < -0.4 is 0 Å². The van der Waals surface area contributed by atoms with E-state index in [2.05, 4.69) is 12.1 Å². The van der Waals surface area contributed by atoms with Gasteiger partial charge in [0.25, 0.3) is 0 Å². The average molecular weight is 216 g/mol. The Morgan fingerprint density at radius 3 is 2.56 bits per heavy atom. The van der Waals surface area contributed by atoms with Crippen LogP contribution in [0.2, 0.25) is 0 Å². The molecule has 2 aromatic rings.